The molecule has 0 bridgehead atoms. The second kappa shape index (κ2) is 15.4. The van der Waals surface area contributed by atoms with Crippen LogP contribution >= 0.6 is 12.6 Å². The number of unbranched alkanes of at least 4 members (excludes halogenated alkanes) is 1. The molecular weight excluding hydrogens is 442 g/mol. The fraction of sp³-hybridized carbons (Fsp3) is 0.737. The number of hydrogen-bond acceptors (Lipinski definition) is 8. The highest BCUT2D eigenvalue weighted by molar-refractivity contribution is 7.80. The second-order valence-electron chi connectivity index (χ2n) is 7.50. The van der Waals surface area contributed by atoms with Crippen molar-refractivity contribution in [1.82, 2.24) is 16.0 Å². The molecule has 0 aliphatic heterocycles. The van der Waals surface area contributed by atoms with Crippen molar-refractivity contribution in [3.63, 3.8) is 0 Å². The maximum atomic E-state index is 12.8. The highest BCUT2D eigenvalue weighted by Crippen LogP contribution is 2.11. The predicted octanol–water partition coefficient (Wildman–Crippen LogP) is -1.57. The normalized spacial score (nSPS) is 15.5. The summed E-state index contributed by atoms with van der Waals surface area (Å²) < 4.78 is 0. The quantitative estimate of drug-likeness (QED) is 0.0950. The van der Waals surface area contributed by atoms with Crippen LogP contribution in [-0.4, -0.2) is 76.3 Å². The van der Waals surface area contributed by atoms with Gasteiger partial charge in [-0.05, 0) is 31.7 Å². The molecule has 0 fully saturated rings. The SMILES string of the molecule is CCC(C)C(NC(=O)C(CC(=O)O)NC(=O)C(N)CS)C(=O)NC(CCCCN)C(=O)O. The molecule has 0 aliphatic rings. The van der Waals surface area contributed by atoms with Gasteiger partial charge < -0.3 is 37.6 Å². The molecule has 9 N–H and O–H groups in total. The lowest BCUT2D eigenvalue weighted by molar-refractivity contribution is -0.143. The lowest BCUT2D eigenvalue weighted by atomic mass is 9.97. The molecule has 5 atom stereocenters. The van der Waals surface area contributed by atoms with Crippen LogP contribution in [-0.2, 0) is 24.0 Å². The van der Waals surface area contributed by atoms with Gasteiger partial charge in [-0.3, -0.25) is 19.2 Å². The first kappa shape index (κ1) is 29.6. The van der Waals surface area contributed by atoms with Gasteiger partial charge in [0, 0.05) is 5.75 Å². The van der Waals surface area contributed by atoms with Crippen LogP contribution in [0.5, 0.6) is 0 Å². The average molecular weight is 478 g/mol. The van der Waals surface area contributed by atoms with Gasteiger partial charge in [-0.2, -0.15) is 12.6 Å². The van der Waals surface area contributed by atoms with Crippen molar-refractivity contribution in [2.45, 2.75) is 70.1 Å². The van der Waals surface area contributed by atoms with Crippen LogP contribution in [0.3, 0.4) is 0 Å². The van der Waals surface area contributed by atoms with Crippen LogP contribution in [0.15, 0.2) is 0 Å². The Hall–Kier alpha value is -2.38. The van der Waals surface area contributed by atoms with E-state index >= 15 is 0 Å². The van der Waals surface area contributed by atoms with Crippen molar-refractivity contribution in [2.24, 2.45) is 17.4 Å². The highest BCUT2D eigenvalue weighted by atomic mass is 32.1. The molecule has 0 aromatic heterocycles. The third kappa shape index (κ3) is 10.8. The molecule has 32 heavy (non-hydrogen) atoms. The summed E-state index contributed by atoms with van der Waals surface area (Å²) in [5.41, 5.74) is 11.0. The Bertz CT molecular complexity index is 664. The Balaban J connectivity index is 5.47. The molecular formula is C19H35N5O7S. The predicted molar refractivity (Wildman–Crippen MR) is 120 cm³/mol. The number of nitrogens with two attached hydrogens (primary N) is 2. The van der Waals surface area contributed by atoms with Gasteiger partial charge in [0.05, 0.1) is 12.5 Å². The van der Waals surface area contributed by atoms with E-state index in [0.29, 0.717) is 25.8 Å². The van der Waals surface area contributed by atoms with E-state index in [2.05, 4.69) is 28.6 Å². The summed E-state index contributed by atoms with van der Waals surface area (Å²) in [6.07, 6.45) is 0.980. The fourth-order valence-electron chi connectivity index (χ4n) is 2.71. The van der Waals surface area contributed by atoms with Crippen LogP contribution in [0.4, 0.5) is 0 Å². The van der Waals surface area contributed by atoms with Crippen molar-refractivity contribution < 1.29 is 34.2 Å². The molecule has 0 aromatic carbocycles. The van der Waals surface area contributed by atoms with Gasteiger partial charge in [-0.1, -0.05) is 20.3 Å². The topological polar surface area (TPSA) is 214 Å². The van der Waals surface area contributed by atoms with Gasteiger partial charge in [0.1, 0.15) is 18.1 Å². The first-order valence-electron chi connectivity index (χ1n) is 10.4. The molecule has 0 spiro atoms. The number of rotatable bonds is 16. The minimum Gasteiger partial charge on any atom is -0.481 e. The van der Waals surface area contributed by atoms with Gasteiger partial charge in [-0.25, -0.2) is 4.79 Å². The Labute approximate surface area is 192 Å². The van der Waals surface area contributed by atoms with E-state index in [4.69, 9.17) is 16.6 Å². The molecule has 12 nitrogen and oxygen atoms in total. The number of carboxylic acids is 2. The number of aliphatic carboxylic acids is 2. The smallest absolute Gasteiger partial charge is 0.326 e. The first-order valence-corrected chi connectivity index (χ1v) is 11.0. The molecule has 0 rings (SSSR count). The monoisotopic (exact) mass is 477 g/mol. The molecule has 3 amide bonds. The van der Waals surface area contributed by atoms with E-state index in [0.717, 1.165) is 0 Å². The van der Waals surface area contributed by atoms with Crippen LogP contribution in [0.1, 0.15) is 46.0 Å². The molecule has 184 valence electrons. The first-order chi connectivity index (χ1) is 15.0. The Morgan fingerprint density at radius 3 is 2.00 bits per heavy atom. The molecule has 13 heteroatoms. The maximum Gasteiger partial charge on any atom is 0.326 e. The minimum absolute atomic E-state index is 0.0219. The molecule has 0 aliphatic carbocycles. The minimum atomic E-state index is -1.48. The van der Waals surface area contributed by atoms with Crippen molar-refractivity contribution in [1.29, 1.82) is 0 Å². The number of thiol groups is 1. The van der Waals surface area contributed by atoms with E-state index < -0.39 is 66.2 Å². The Morgan fingerprint density at radius 1 is 0.938 bits per heavy atom. The van der Waals surface area contributed by atoms with E-state index in [-0.39, 0.29) is 12.2 Å². The summed E-state index contributed by atoms with van der Waals surface area (Å²) in [6, 6.07) is -4.85. The highest BCUT2D eigenvalue weighted by Gasteiger charge is 2.33. The van der Waals surface area contributed by atoms with Crippen molar-refractivity contribution in [3.05, 3.63) is 0 Å². The summed E-state index contributed by atoms with van der Waals surface area (Å²) in [7, 11) is 0. The summed E-state index contributed by atoms with van der Waals surface area (Å²) >= 11 is 3.89. The summed E-state index contributed by atoms with van der Waals surface area (Å²) in [5, 5.41) is 25.6. The number of carbonyl (C=O) groups is 5. The molecule has 0 radical (unpaired) electrons. The van der Waals surface area contributed by atoms with Crippen molar-refractivity contribution >= 4 is 42.3 Å². The maximum absolute atomic E-state index is 12.8. The van der Waals surface area contributed by atoms with E-state index in [1.54, 1.807) is 13.8 Å². The summed E-state index contributed by atoms with van der Waals surface area (Å²) in [5.74, 6) is -5.38. The number of hydrogen-bond donors (Lipinski definition) is 8. The molecule has 0 aromatic rings. The van der Waals surface area contributed by atoms with Crippen LogP contribution in [0.2, 0.25) is 0 Å². The Morgan fingerprint density at radius 2 is 1.53 bits per heavy atom. The van der Waals surface area contributed by atoms with Gasteiger partial charge >= 0.3 is 11.9 Å². The lowest BCUT2D eigenvalue weighted by Crippen LogP contribution is -2.59. The second-order valence-corrected chi connectivity index (χ2v) is 7.87. The van der Waals surface area contributed by atoms with E-state index in [1.807, 2.05) is 0 Å². The van der Waals surface area contributed by atoms with E-state index in [1.165, 1.54) is 0 Å². The molecule has 0 saturated carbocycles. The molecule has 0 saturated heterocycles. The van der Waals surface area contributed by atoms with Crippen molar-refractivity contribution in [3.8, 4) is 0 Å². The van der Waals surface area contributed by atoms with Gasteiger partial charge in [-0.15, -0.1) is 0 Å². The largest absolute Gasteiger partial charge is 0.481 e. The zero-order valence-corrected chi connectivity index (χ0v) is 19.3. The average Bonchev–Trinajstić information content (AvgIpc) is 2.74. The summed E-state index contributed by atoms with van der Waals surface area (Å²) in [4.78, 5) is 60.2. The number of carbonyl (C=O) groups excluding carboxylic acids is 3. The zero-order valence-electron chi connectivity index (χ0n) is 18.4. The fourth-order valence-corrected chi connectivity index (χ4v) is 2.88. The number of amides is 3. The third-order valence-electron chi connectivity index (χ3n) is 4.90. The van der Waals surface area contributed by atoms with E-state index in [9.17, 15) is 29.1 Å². The summed E-state index contributed by atoms with van der Waals surface area (Å²) in [6.45, 7) is 3.84. The molecule has 0 heterocycles. The number of nitrogens with one attached hydrogen (secondary N) is 3. The number of carboxylic acid groups (broad SMARTS) is 2. The third-order valence-corrected chi connectivity index (χ3v) is 5.29. The van der Waals surface area contributed by atoms with Crippen LogP contribution in [0, 0.1) is 5.92 Å². The van der Waals surface area contributed by atoms with Crippen LogP contribution < -0.4 is 27.4 Å². The van der Waals surface area contributed by atoms with Gasteiger partial charge in [0.15, 0.2) is 0 Å². The molecule has 5 unspecified atom stereocenters. The lowest BCUT2D eigenvalue weighted by Gasteiger charge is -2.27. The van der Waals surface area contributed by atoms with Gasteiger partial charge in [0.25, 0.3) is 0 Å². The standard InChI is InChI=1S/C19H35N5O7S/c1-3-10(2)15(18(29)22-12(19(30)31)6-4-5-7-20)24-17(28)13(8-14(25)26)23-16(27)11(21)9-32/h10-13,15,32H,3-9,20-21H2,1-2H3,(H,22,29)(H,23,27)(H,24,28)(H,25,26)(H,30,31). The van der Waals surface area contributed by atoms with Crippen molar-refractivity contribution in [2.75, 3.05) is 12.3 Å². The zero-order chi connectivity index (χ0) is 24.8. The van der Waals surface area contributed by atoms with Gasteiger partial charge in [0.2, 0.25) is 17.7 Å². The van der Waals surface area contributed by atoms with Crippen LogP contribution in [0.25, 0.3) is 0 Å². The Kier molecular flexibility index (Phi) is 14.3.